The van der Waals surface area contributed by atoms with Gasteiger partial charge in [-0.1, -0.05) is 6.07 Å². The van der Waals surface area contributed by atoms with Gasteiger partial charge < -0.3 is 20.1 Å². The molecule has 7 heteroatoms. The van der Waals surface area contributed by atoms with Gasteiger partial charge in [0, 0.05) is 34.4 Å². The van der Waals surface area contributed by atoms with Crippen LogP contribution in [0.3, 0.4) is 0 Å². The SMILES string of the molecule is CCNC(=NCc1ccc2c(c1)OCO2)NCCS(=O)C(C)(C)C. The fraction of sp³-hybridized carbons (Fsp3) is 0.588. The highest BCUT2D eigenvalue weighted by Gasteiger charge is 2.18. The van der Waals surface area contributed by atoms with Crippen LogP contribution < -0.4 is 20.1 Å². The predicted molar refractivity (Wildman–Crippen MR) is 98.1 cm³/mol. The normalized spacial score (nSPS) is 15.2. The third-order valence-corrected chi connectivity index (χ3v) is 5.40. The number of ether oxygens (including phenoxy) is 2. The van der Waals surface area contributed by atoms with Crippen LogP contribution in [-0.2, 0) is 17.3 Å². The molecular weight excluding hydrogens is 326 g/mol. The van der Waals surface area contributed by atoms with Gasteiger partial charge in [0.25, 0.3) is 0 Å². The summed E-state index contributed by atoms with van der Waals surface area (Å²) in [5, 5.41) is 6.44. The van der Waals surface area contributed by atoms with Crippen LogP contribution in [0.5, 0.6) is 11.5 Å². The average Bonchev–Trinajstić information content (AvgIpc) is 2.99. The van der Waals surface area contributed by atoms with Crippen molar-refractivity contribution in [3.05, 3.63) is 23.8 Å². The zero-order valence-corrected chi connectivity index (χ0v) is 15.7. The van der Waals surface area contributed by atoms with Gasteiger partial charge in [0.05, 0.1) is 6.54 Å². The van der Waals surface area contributed by atoms with E-state index >= 15 is 0 Å². The summed E-state index contributed by atoms with van der Waals surface area (Å²) in [5.74, 6) is 2.86. The Hall–Kier alpha value is -1.76. The van der Waals surface area contributed by atoms with Gasteiger partial charge in [0.2, 0.25) is 6.79 Å². The van der Waals surface area contributed by atoms with E-state index in [0.29, 0.717) is 18.8 Å². The number of guanidine groups is 1. The first-order chi connectivity index (χ1) is 11.4. The molecule has 1 aromatic rings. The summed E-state index contributed by atoms with van der Waals surface area (Å²) in [6.07, 6.45) is 0. The molecule has 0 amide bonds. The number of hydrogen-bond acceptors (Lipinski definition) is 4. The lowest BCUT2D eigenvalue weighted by atomic mass is 10.2. The first-order valence-corrected chi connectivity index (χ1v) is 9.51. The molecule has 0 spiro atoms. The largest absolute Gasteiger partial charge is 0.454 e. The van der Waals surface area contributed by atoms with Crippen molar-refractivity contribution in [1.82, 2.24) is 10.6 Å². The molecule has 1 aromatic carbocycles. The van der Waals surface area contributed by atoms with Crippen LogP contribution in [0.15, 0.2) is 23.2 Å². The minimum Gasteiger partial charge on any atom is -0.454 e. The quantitative estimate of drug-likeness (QED) is 0.605. The Kier molecular flexibility index (Phi) is 6.48. The van der Waals surface area contributed by atoms with Gasteiger partial charge in [-0.05, 0) is 45.4 Å². The highest BCUT2D eigenvalue weighted by atomic mass is 32.2. The maximum Gasteiger partial charge on any atom is 0.231 e. The van der Waals surface area contributed by atoms with E-state index in [-0.39, 0.29) is 11.5 Å². The van der Waals surface area contributed by atoms with Gasteiger partial charge in [0.1, 0.15) is 0 Å². The number of benzene rings is 1. The van der Waals surface area contributed by atoms with Crippen molar-refractivity contribution in [2.75, 3.05) is 25.6 Å². The molecule has 1 heterocycles. The molecule has 0 radical (unpaired) electrons. The van der Waals surface area contributed by atoms with Crippen LogP contribution in [0.1, 0.15) is 33.3 Å². The summed E-state index contributed by atoms with van der Waals surface area (Å²) in [6, 6.07) is 5.83. The van der Waals surface area contributed by atoms with Gasteiger partial charge in [0.15, 0.2) is 17.5 Å². The zero-order chi connectivity index (χ0) is 17.6. The molecule has 0 saturated carbocycles. The molecule has 0 aliphatic carbocycles. The summed E-state index contributed by atoms with van der Waals surface area (Å²) < 4.78 is 22.6. The summed E-state index contributed by atoms with van der Waals surface area (Å²) in [6.45, 7) is 10.2. The van der Waals surface area contributed by atoms with Gasteiger partial charge in [-0.25, -0.2) is 4.99 Å². The Balaban J connectivity index is 1.89. The number of hydrogen-bond donors (Lipinski definition) is 2. The van der Waals surface area contributed by atoms with E-state index < -0.39 is 10.8 Å². The molecular formula is C17H27N3O3S. The van der Waals surface area contributed by atoms with Gasteiger partial charge in [-0.15, -0.1) is 0 Å². The van der Waals surface area contributed by atoms with Crippen molar-refractivity contribution in [3.63, 3.8) is 0 Å². The second-order valence-electron chi connectivity index (χ2n) is 6.47. The maximum atomic E-state index is 12.1. The fourth-order valence-electron chi connectivity index (χ4n) is 2.12. The third-order valence-electron chi connectivity index (χ3n) is 3.46. The number of nitrogens with one attached hydrogen (secondary N) is 2. The highest BCUT2D eigenvalue weighted by molar-refractivity contribution is 7.86. The fourth-order valence-corrected chi connectivity index (χ4v) is 3.02. The molecule has 134 valence electrons. The van der Waals surface area contributed by atoms with E-state index in [1.807, 2.05) is 45.9 Å². The molecule has 6 nitrogen and oxygen atoms in total. The van der Waals surface area contributed by atoms with E-state index in [9.17, 15) is 4.21 Å². The standard InChI is InChI=1S/C17H27N3O3S/c1-5-18-16(19-8-9-24(21)17(2,3)4)20-11-13-6-7-14-15(10-13)23-12-22-14/h6-7,10H,5,8-9,11-12H2,1-4H3,(H2,18,19,20). The third kappa shape index (κ3) is 5.40. The van der Waals surface area contributed by atoms with Crippen LogP contribution in [0.2, 0.25) is 0 Å². The van der Waals surface area contributed by atoms with Crippen LogP contribution in [-0.4, -0.2) is 40.6 Å². The first kappa shape index (κ1) is 18.6. The molecule has 1 aliphatic rings. The molecule has 0 bridgehead atoms. The van der Waals surface area contributed by atoms with Crippen LogP contribution in [0, 0.1) is 0 Å². The van der Waals surface area contributed by atoms with Crippen LogP contribution in [0.4, 0.5) is 0 Å². The summed E-state index contributed by atoms with van der Waals surface area (Å²) in [4.78, 5) is 4.57. The molecule has 1 aliphatic heterocycles. The second-order valence-corrected chi connectivity index (χ2v) is 8.80. The lowest BCUT2D eigenvalue weighted by Gasteiger charge is -2.18. The predicted octanol–water partition coefficient (Wildman–Crippen LogP) is 2.02. The maximum absolute atomic E-state index is 12.1. The molecule has 1 unspecified atom stereocenters. The van der Waals surface area contributed by atoms with Crippen molar-refractivity contribution in [1.29, 1.82) is 0 Å². The number of fused-ring (bicyclic) bond motifs is 1. The summed E-state index contributed by atoms with van der Waals surface area (Å²) in [5.41, 5.74) is 1.05. The van der Waals surface area contributed by atoms with Crippen molar-refractivity contribution >= 4 is 16.8 Å². The molecule has 2 N–H and O–H groups in total. The van der Waals surface area contributed by atoms with Crippen molar-refractivity contribution in [2.45, 2.75) is 39.0 Å². The monoisotopic (exact) mass is 353 g/mol. The molecule has 0 saturated heterocycles. The van der Waals surface area contributed by atoms with E-state index in [1.165, 1.54) is 0 Å². The Morgan fingerprint density at radius 2 is 2.00 bits per heavy atom. The highest BCUT2D eigenvalue weighted by Crippen LogP contribution is 2.32. The Labute approximate surface area is 146 Å². The number of aliphatic imine (C=N–C) groups is 1. The number of nitrogens with zero attached hydrogens (tertiary/aromatic N) is 1. The van der Waals surface area contributed by atoms with Crippen LogP contribution >= 0.6 is 0 Å². The lowest BCUT2D eigenvalue weighted by molar-refractivity contribution is 0.174. The Morgan fingerprint density at radius 1 is 1.25 bits per heavy atom. The Morgan fingerprint density at radius 3 is 2.71 bits per heavy atom. The topological polar surface area (TPSA) is 72.0 Å². The minimum absolute atomic E-state index is 0.191. The smallest absolute Gasteiger partial charge is 0.231 e. The second kappa shape index (κ2) is 8.37. The molecule has 0 fully saturated rings. The summed E-state index contributed by atoms with van der Waals surface area (Å²) in [7, 11) is -0.873. The van der Waals surface area contributed by atoms with E-state index in [0.717, 1.165) is 29.6 Å². The van der Waals surface area contributed by atoms with E-state index in [1.54, 1.807) is 0 Å². The zero-order valence-electron chi connectivity index (χ0n) is 14.8. The summed E-state index contributed by atoms with van der Waals surface area (Å²) >= 11 is 0. The van der Waals surface area contributed by atoms with Gasteiger partial charge in [-0.2, -0.15) is 0 Å². The average molecular weight is 353 g/mol. The molecule has 1 atom stereocenters. The lowest BCUT2D eigenvalue weighted by Crippen LogP contribution is -2.40. The van der Waals surface area contributed by atoms with Gasteiger partial charge in [-0.3, -0.25) is 4.21 Å². The molecule has 0 aromatic heterocycles. The van der Waals surface area contributed by atoms with Crippen molar-refractivity contribution in [3.8, 4) is 11.5 Å². The van der Waals surface area contributed by atoms with Crippen molar-refractivity contribution < 1.29 is 13.7 Å². The van der Waals surface area contributed by atoms with Crippen LogP contribution in [0.25, 0.3) is 0 Å². The first-order valence-electron chi connectivity index (χ1n) is 8.19. The molecule has 24 heavy (non-hydrogen) atoms. The van der Waals surface area contributed by atoms with Gasteiger partial charge >= 0.3 is 0 Å². The Bertz CT molecular complexity index is 612. The molecule has 2 rings (SSSR count). The van der Waals surface area contributed by atoms with Crippen molar-refractivity contribution in [2.24, 2.45) is 4.99 Å². The van der Waals surface area contributed by atoms with E-state index in [4.69, 9.17) is 9.47 Å². The van der Waals surface area contributed by atoms with E-state index in [2.05, 4.69) is 15.6 Å². The number of rotatable bonds is 6. The minimum atomic E-state index is -0.873.